The largest absolute Gasteiger partial charge is 0.416 e. The molecule has 1 aromatic carbocycles. The van der Waals surface area contributed by atoms with Crippen molar-refractivity contribution >= 4 is 5.91 Å². The number of carbonyl (C=O) groups is 1. The fraction of sp³-hybridized carbons (Fsp3) is 0.500. The van der Waals surface area contributed by atoms with Crippen LogP contribution >= 0.6 is 0 Å². The molecule has 1 fully saturated rings. The molecular weight excluding hydrogens is 381 g/mol. The van der Waals surface area contributed by atoms with Crippen molar-refractivity contribution in [2.75, 3.05) is 13.7 Å². The molecule has 1 amide bonds. The molecule has 1 aromatic heterocycles. The van der Waals surface area contributed by atoms with Gasteiger partial charge in [-0.15, -0.1) is 0 Å². The number of rotatable bonds is 7. The molecule has 29 heavy (non-hydrogen) atoms. The number of halogens is 3. The Morgan fingerprint density at radius 3 is 2.62 bits per heavy atom. The van der Waals surface area contributed by atoms with Gasteiger partial charge in [0.25, 0.3) is 0 Å². The summed E-state index contributed by atoms with van der Waals surface area (Å²) in [5.41, 5.74) is 0.824. The lowest BCUT2D eigenvalue weighted by atomic mass is 9.94. The number of aromatic nitrogens is 1. The lowest BCUT2D eigenvalue weighted by Crippen LogP contribution is -2.43. The molecule has 1 saturated carbocycles. The van der Waals surface area contributed by atoms with Gasteiger partial charge in [0.05, 0.1) is 12.1 Å². The molecule has 4 nitrogen and oxygen atoms in total. The Morgan fingerprint density at radius 1 is 1.17 bits per heavy atom. The topological polar surface area (TPSA) is 34.5 Å². The van der Waals surface area contributed by atoms with E-state index in [0.29, 0.717) is 18.7 Å². The third kappa shape index (κ3) is 5.63. The minimum Gasteiger partial charge on any atom is -0.375 e. The van der Waals surface area contributed by atoms with E-state index in [1.807, 2.05) is 27.8 Å². The molecule has 3 rings (SSSR count). The lowest BCUT2D eigenvalue weighted by Gasteiger charge is -2.34. The van der Waals surface area contributed by atoms with Crippen LogP contribution in [0, 0.1) is 0 Å². The van der Waals surface area contributed by atoms with E-state index in [9.17, 15) is 18.0 Å². The molecule has 1 aliphatic carbocycles. The first kappa shape index (κ1) is 21.4. The molecule has 0 unspecified atom stereocenters. The lowest BCUT2D eigenvalue weighted by molar-refractivity contribution is -0.139. The highest BCUT2D eigenvalue weighted by Crippen LogP contribution is 2.30. The summed E-state index contributed by atoms with van der Waals surface area (Å²) in [7, 11) is 1.51. The standard InChI is InChI=1S/C22H27F3N2O2/c1-29-16-21(28)27(19-9-3-2-4-10-19)15-20-11-6-12-26(20)14-17-7-5-8-18(13-17)22(23,24)25/h5-8,11-13,19H,2-4,9-10,14-16H2,1H3. The number of hydrogen-bond donors (Lipinski definition) is 0. The van der Waals surface area contributed by atoms with E-state index in [1.54, 1.807) is 6.07 Å². The van der Waals surface area contributed by atoms with Crippen molar-refractivity contribution in [3.63, 3.8) is 0 Å². The third-order valence-electron chi connectivity index (χ3n) is 5.47. The molecule has 1 aliphatic rings. The number of amides is 1. The van der Waals surface area contributed by atoms with E-state index in [4.69, 9.17) is 4.74 Å². The number of ether oxygens (including phenoxy) is 1. The van der Waals surface area contributed by atoms with Gasteiger partial charge in [-0.25, -0.2) is 0 Å². The molecular formula is C22H27F3N2O2. The summed E-state index contributed by atoms with van der Waals surface area (Å²) in [4.78, 5) is 14.5. The van der Waals surface area contributed by atoms with Gasteiger partial charge in [-0.1, -0.05) is 31.4 Å². The first-order valence-electron chi connectivity index (χ1n) is 9.97. The van der Waals surface area contributed by atoms with Crippen molar-refractivity contribution < 1.29 is 22.7 Å². The zero-order valence-corrected chi connectivity index (χ0v) is 16.6. The Kier molecular flexibility index (Phi) is 7.00. The van der Waals surface area contributed by atoms with Crippen LogP contribution in [0.1, 0.15) is 48.9 Å². The average molecular weight is 408 g/mol. The van der Waals surface area contributed by atoms with Crippen molar-refractivity contribution in [1.82, 2.24) is 9.47 Å². The van der Waals surface area contributed by atoms with Gasteiger partial charge in [0.15, 0.2) is 0 Å². The Labute approximate surface area is 169 Å². The Balaban J connectivity index is 1.78. The number of alkyl halides is 3. The zero-order chi connectivity index (χ0) is 20.9. The van der Waals surface area contributed by atoms with Crippen molar-refractivity contribution in [3.8, 4) is 0 Å². The smallest absolute Gasteiger partial charge is 0.375 e. The molecule has 2 aromatic rings. The van der Waals surface area contributed by atoms with Crippen LogP contribution in [0.3, 0.4) is 0 Å². The Hall–Kier alpha value is -2.28. The number of benzene rings is 1. The van der Waals surface area contributed by atoms with E-state index in [1.165, 1.54) is 25.7 Å². The third-order valence-corrected chi connectivity index (χ3v) is 5.47. The summed E-state index contributed by atoms with van der Waals surface area (Å²) in [5, 5.41) is 0. The molecule has 0 saturated heterocycles. The minimum absolute atomic E-state index is 0.0326. The second-order valence-corrected chi connectivity index (χ2v) is 7.57. The first-order chi connectivity index (χ1) is 13.9. The van der Waals surface area contributed by atoms with E-state index < -0.39 is 11.7 Å². The number of carbonyl (C=O) groups excluding carboxylic acids is 1. The van der Waals surface area contributed by atoms with Gasteiger partial charge in [-0.3, -0.25) is 4.79 Å². The minimum atomic E-state index is -4.36. The SMILES string of the molecule is COCC(=O)N(Cc1cccn1Cc1cccc(C(F)(F)F)c1)C1CCCCC1. The van der Waals surface area contributed by atoms with Crippen LogP contribution in [0.5, 0.6) is 0 Å². The molecule has 0 aliphatic heterocycles. The van der Waals surface area contributed by atoms with Crippen molar-refractivity contribution in [1.29, 1.82) is 0 Å². The number of hydrogen-bond acceptors (Lipinski definition) is 2. The summed E-state index contributed by atoms with van der Waals surface area (Å²) >= 11 is 0. The average Bonchev–Trinajstić information content (AvgIpc) is 3.13. The monoisotopic (exact) mass is 408 g/mol. The molecule has 0 bridgehead atoms. The predicted octanol–water partition coefficient (Wildman–Crippen LogP) is 4.86. The summed E-state index contributed by atoms with van der Waals surface area (Å²) < 4.78 is 46.0. The highest BCUT2D eigenvalue weighted by molar-refractivity contribution is 5.77. The van der Waals surface area contributed by atoms with Crippen LogP contribution < -0.4 is 0 Å². The number of nitrogens with zero attached hydrogens (tertiary/aromatic N) is 2. The maximum Gasteiger partial charge on any atom is 0.416 e. The Morgan fingerprint density at radius 2 is 1.93 bits per heavy atom. The van der Waals surface area contributed by atoms with Crippen LogP contribution in [0.4, 0.5) is 13.2 Å². The highest BCUT2D eigenvalue weighted by Gasteiger charge is 2.30. The van der Waals surface area contributed by atoms with Crippen molar-refractivity contribution in [3.05, 3.63) is 59.4 Å². The zero-order valence-electron chi connectivity index (χ0n) is 16.6. The normalized spacial score (nSPS) is 15.4. The summed E-state index contributed by atoms with van der Waals surface area (Å²) in [5.74, 6) is -0.0498. The molecule has 158 valence electrons. The van der Waals surface area contributed by atoms with Gasteiger partial charge in [-0.05, 0) is 42.7 Å². The molecule has 0 spiro atoms. The molecule has 1 heterocycles. The first-order valence-corrected chi connectivity index (χ1v) is 9.97. The Bertz CT molecular complexity index is 810. The van der Waals surface area contributed by atoms with Gasteiger partial charge in [0.1, 0.15) is 6.61 Å². The maximum atomic E-state index is 13.0. The van der Waals surface area contributed by atoms with E-state index in [0.717, 1.165) is 37.4 Å². The van der Waals surface area contributed by atoms with E-state index in [-0.39, 0.29) is 18.6 Å². The van der Waals surface area contributed by atoms with Crippen molar-refractivity contribution in [2.45, 2.75) is 57.4 Å². The van der Waals surface area contributed by atoms with Crippen molar-refractivity contribution in [2.24, 2.45) is 0 Å². The molecule has 7 heteroatoms. The van der Waals surface area contributed by atoms with Crippen LogP contribution in [0.25, 0.3) is 0 Å². The van der Waals surface area contributed by atoms with Gasteiger partial charge in [0.2, 0.25) is 5.91 Å². The number of methoxy groups -OCH3 is 1. The maximum absolute atomic E-state index is 13.0. The fourth-order valence-corrected chi connectivity index (χ4v) is 3.98. The van der Waals surface area contributed by atoms with E-state index in [2.05, 4.69) is 0 Å². The van der Waals surface area contributed by atoms with Gasteiger partial charge in [0, 0.05) is 31.6 Å². The summed E-state index contributed by atoms with van der Waals surface area (Å²) in [6, 6.07) is 9.34. The fourth-order valence-electron chi connectivity index (χ4n) is 3.98. The summed E-state index contributed by atoms with van der Waals surface area (Å²) in [6.07, 6.45) is 2.83. The summed E-state index contributed by atoms with van der Waals surface area (Å²) in [6.45, 7) is 0.785. The molecule has 0 atom stereocenters. The van der Waals surface area contributed by atoms with Gasteiger partial charge < -0.3 is 14.2 Å². The van der Waals surface area contributed by atoms with Crippen LogP contribution in [0.15, 0.2) is 42.6 Å². The second kappa shape index (κ2) is 9.48. The quantitative estimate of drug-likeness (QED) is 0.656. The van der Waals surface area contributed by atoms with Crippen LogP contribution in [-0.2, 0) is 28.8 Å². The molecule has 0 radical (unpaired) electrons. The van der Waals surface area contributed by atoms with Crippen LogP contribution in [0.2, 0.25) is 0 Å². The van der Waals surface area contributed by atoms with E-state index >= 15 is 0 Å². The van der Waals surface area contributed by atoms with Crippen LogP contribution in [-0.4, -0.2) is 35.1 Å². The highest BCUT2D eigenvalue weighted by atomic mass is 19.4. The predicted molar refractivity (Wildman–Crippen MR) is 104 cm³/mol. The molecule has 0 N–H and O–H groups in total. The van der Waals surface area contributed by atoms with Gasteiger partial charge >= 0.3 is 6.18 Å². The van der Waals surface area contributed by atoms with Gasteiger partial charge in [-0.2, -0.15) is 13.2 Å². The second-order valence-electron chi connectivity index (χ2n) is 7.57.